The summed E-state index contributed by atoms with van der Waals surface area (Å²) >= 11 is 0. The maximum atomic E-state index is 12.2. The van der Waals surface area contributed by atoms with Gasteiger partial charge in [0.1, 0.15) is 0 Å². The van der Waals surface area contributed by atoms with Crippen LogP contribution in [0.4, 0.5) is 0 Å². The van der Waals surface area contributed by atoms with E-state index in [1.54, 1.807) is 24.3 Å². The molecule has 30 heavy (non-hydrogen) atoms. The molecule has 1 saturated carbocycles. The third kappa shape index (κ3) is 6.98. The molecule has 6 heteroatoms. The zero-order chi connectivity index (χ0) is 21.8. The van der Waals surface area contributed by atoms with E-state index in [2.05, 4.69) is 45.4 Å². The molecule has 4 nitrogen and oxygen atoms in total. The first-order chi connectivity index (χ1) is 13.5. The summed E-state index contributed by atoms with van der Waals surface area (Å²) in [6.07, 6.45) is 3.84. The van der Waals surface area contributed by atoms with Gasteiger partial charge in [-0.1, -0.05) is 36.6 Å². The van der Waals surface area contributed by atoms with Gasteiger partial charge < -0.3 is 5.73 Å². The number of hydrogen-bond donors (Lipinski definition) is 2. The molecule has 0 unspecified atom stereocenters. The summed E-state index contributed by atoms with van der Waals surface area (Å²) in [6, 6.07) is 8.92. The van der Waals surface area contributed by atoms with Crippen LogP contribution in [-0.4, -0.2) is 20.5 Å². The van der Waals surface area contributed by atoms with Crippen molar-refractivity contribution in [3.63, 3.8) is 0 Å². The molecule has 2 aromatic carbocycles. The van der Waals surface area contributed by atoms with Gasteiger partial charge in [0, 0.05) is 31.6 Å². The number of nitrogens with one attached hydrogen (secondary N) is 1. The molecule has 0 radical (unpaired) electrons. The minimum atomic E-state index is -3.44. The van der Waals surface area contributed by atoms with Crippen LogP contribution in [-0.2, 0) is 29.5 Å². The van der Waals surface area contributed by atoms with Gasteiger partial charge in [-0.3, -0.25) is 0 Å². The van der Waals surface area contributed by atoms with Crippen molar-refractivity contribution in [1.82, 2.24) is 4.72 Å². The number of hydrogen-bond acceptors (Lipinski definition) is 3. The molecule has 0 spiro atoms. The Bertz CT molecular complexity index is 914. The Morgan fingerprint density at radius 3 is 1.83 bits per heavy atom. The number of rotatable bonds is 3. The van der Waals surface area contributed by atoms with Crippen molar-refractivity contribution in [1.29, 1.82) is 0 Å². The second kappa shape index (κ2) is 11.5. The average Bonchev–Trinajstić information content (AvgIpc) is 2.67. The van der Waals surface area contributed by atoms with Gasteiger partial charge in [-0.2, -0.15) is 0 Å². The molecular formula is C24H36N2O2RuS. The van der Waals surface area contributed by atoms with Crippen LogP contribution in [0.5, 0.6) is 0 Å². The third-order valence-electron chi connectivity index (χ3n) is 6.20. The second-order valence-corrected chi connectivity index (χ2v) is 10.1. The molecule has 0 aliphatic heterocycles. The molecule has 1 aliphatic rings. The van der Waals surface area contributed by atoms with E-state index in [1.165, 1.54) is 27.8 Å². The van der Waals surface area contributed by atoms with Crippen LogP contribution in [0.25, 0.3) is 0 Å². The van der Waals surface area contributed by atoms with Crippen LogP contribution in [0, 0.1) is 41.5 Å². The first-order valence-electron chi connectivity index (χ1n) is 10.4. The summed E-state index contributed by atoms with van der Waals surface area (Å²) in [7, 11) is -3.44. The van der Waals surface area contributed by atoms with E-state index in [-0.39, 0.29) is 31.6 Å². The fraction of sp³-hybridized carbons (Fsp3) is 0.500. The normalized spacial score (nSPS) is 18.8. The predicted molar refractivity (Wildman–Crippen MR) is 122 cm³/mol. The Balaban J connectivity index is 0.000000324. The fourth-order valence-electron chi connectivity index (χ4n) is 3.70. The SMILES string of the molecule is Cc1cc(C)c(C)c(C)c1C.Cc1ccc(S(=O)(=O)N[C@@H]2CCCC[C@H]2N)cc1.[Ru]. The molecular weight excluding hydrogens is 481 g/mol. The van der Waals surface area contributed by atoms with Crippen LogP contribution >= 0.6 is 0 Å². The van der Waals surface area contributed by atoms with Crippen molar-refractivity contribution < 1.29 is 27.9 Å². The minimum Gasteiger partial charge on any atom is -0.326 e. The monoisotopic (exact) mass is 518 g/mol. The van der Waals surface area contributed by atoms with Gasteiger partial charge in [-0.05, 0) is 94.3 Å². The predicted octanol–water partition coefficient (Wildman–Crippen LogP) is 4.77. The molecule has 1 fully saturated rings. The molecule has 0 aromatic heterocycles. The zero-order valence-electron chi connectivity index (χ0n) is 19.0. The van der Waals surface area contributed by atoms with E-state index in [0.717, 1.165) is 31.2 Å². The van der Waals surface area contributed by atoms with E-state index in [1.807, 2.05) is 6.92 Å². The summed E-state index contributed by atoms with van der Waals surface area (Å²) in [5.74, 6) is 0. The summed E-state index contributed by atoms with van der Waals surface area (Å²) in [6.45, 7) is 12.9. The van der Waals surface area contributed by atoms with Gasteiger partial charge in [0.25, 0.3) is 0 Å². The summed E-state index contributed by atoms with van der Waals surface area (Å²) in [4.78, 5) is 0.311. The number of nitrogens with two attached hydrogens (primary N) is 1. The van der Waals surface area contributed by atoms with Crippen LogP contribution in [0.3, 0.4) is 0 Å². The van der Waals surface area contributed by atoms with E-state index in [0.29, 0.717) is 4.90 Å². The first-order valence-corrected chi connectivity index (χ1v) is 11.9. The fourth-order valence-corrected chi connectivity index (χ4v) is 5.03. The van der Waals surface area contributed by atoms with Gasteiger partial charge in [0.05, 0.1) is 4.90 Å². The van der Waals surface area contributed by atoms with Crippen LogP contribution in [0.1, 0.15) is 59.1 Å². The van der Waals surface area contributed by atoms with Crippen molar-refractivity contribution in [2.45, 2.75) is 84.2 Å². The molecule has 3 rings (SSSR count). The molecule has 2 aromatic rings. The van der Waals surface area contributed by atoms with Gasteiger partial charge in [-0.15, -0.1) is 0 Å². The number of sulfonamides is 1. The molecule has 0 amide bonds. The second-order valence-electron chi connectivity index (χ2n) is 8.37. The van der Waals surface area contributed by atoms with Gasteiger partial charge in [-0.25, -0.2) is 13.1 Å². The van der Waals surface area contributed by atoms with Crippen molar-refractivity contribution in [2.75, 3.05) is 0 Å². The Kier molecular flexibility index (Phi) is 10.4. The third-order valence-corrected chi connectivity index (χ3v) is 7.70. The average molecular weight is 518 g/mol. The summed E-state index contributed by atoms with van der Waals surface area (Å²) < 4.78 is 27.1. The van der Waals surface area contributed by atoms with E-state index < -0.39 is 10.0 Å². The van der Waals surface area contributed by atoms with E-state index >= 15 is 0 Å². The van der Waals surface area contributed by atoms with E-state index in [9.17, 15) is 8.42 Å². The Labute approximate surface area is 195 Å². The van der Waals surface area contributed by atoms with Crippen molar-refractivity contribution in [3.8, 4) is 0 Å². The molecule has 0 bridgehead atoms. The van der Waals surface area contributed by atoms with Crippen LogP contribution < -0.4 is 10.5 Å². The number of benzene rings is 2. The van der Waals surface area contributed by atoms with Crippen molar-refractivity contribution >= 4 is 10.0 Å². The van der Waals surface area contributed by atoms with Crippen molar-refractivity contribution in [2.24, 2.45) is 5.73 Å². The Morgan fingerprint density at radius 1 is 0.833 bits per heavy atom. The first kappa shape index (κ1) is 27.0. The summed E-state index contributed by atoms with van der Waals surface area (Å²) in [5.41, 5.74) is 14.1. The molecule has 3 N–H and O–H groups in total. The number of aryl methyl sites for hydroxylation is 3. The van der Waals surface area contributed by atoms with Crippen LogP contribution in [0.15, 0.2) is 35.2 Å². The van der Waals surface area contributed by atoms with Crippen molar-refractivity contribution in [3.05, 3.63) is 63.7 Å². The molecule has 0 heterocycles. The quantitative estimate of drug-likeness (QED) is 0.576. The maximum Gasteiger partial charge on any atom is 0.240 e. The molecule has 0 saturated heterocycles. The zero-order valence-corrected chi connectivity index (χ0v) is 21.6. The van der Waals surface area contributed by atoms with Gasteiger partial charge in [0.2, 0.25) is 10.0 Å². The van der Waals surface area contributed by atoms with Crippen LogP contribution in [0.2, 0.25) is 0 Å². The molecule has 1 aliphatic carbocycles. The Morgan fingerprint density at radius 2 is 1.33 bits per heavy atom. The molecule has 2 atom stereocenters. The topological polar surface area (TPSA) is 72.2 Å². The molecule has 168 valence electrons. The van der Waals surface area contributed by atoms with Gasteiger partial charge in [0.15, 0.2) is 0 Å². The van der Waals surface area contributed by atoms with E-state index in [4.69, 9.17) is 5.73 Å². The smallest absolute Gasteiger partial charge is 0.240 e. The largest absolute Gasteiger partial charge is 0.326 e. The van der Waals surface area contributed by atoms with Gasteiger partial charge >= 0.3 is 0 Å². The minimum absolute atomic E-state index is 0. The maximum absolute atomic E-state index is 12.2. The Hall–Kier alpha value is -1.07. The standard InChI is InChI=1S/C13H20N2O2S.C11H16.Ru/c1-10-6-8-11(9-7-10)18(16,17)15-13-5-3-2-4-12(13)14;1-7-6-8(2)10(4)11(5)9(7)3;/h6-9,12-13,15H,2-5,14H2,1H3;6H,1-5H3;/t12-,13-;;/m1../s1. The summed E-state index contributed by atoms with van der Waals surface area (Å²) in [5, 5.41) is 0.